The highest BCUT2D eigenvalue weighted by atomic mass is 32.1. The van der Waals surface area contributed by atoms with Crippen molar-refractivity contribution in [2.75, 3.05) is 0 Å². The molecule has 0 aromatic carbocycles. The summed E-state index contributed by atoms with van der Waals surface area (Å²) in [5, 5.41) is 21.5. The minimum atomic E-state index is -2.32. The Bertz CT molecular complexity index is 1170. The highest BCUT2D eigenvalue weighted by Gasteiger charge is 2.73. The van der Waals surface area contributed by atoms with E-state index in [4.69, 9.17) is 17.0 Å². The Morgan fingerprint density at radius 3 is 2.66 bits per heavy atom. The number of nitrogens with zero attached hydrogens (tertiary/aromatic N) is 1. The number of aliphatic hydroxyl groups excluding tert-OH is 2. The van der Waals surface area contributed by atoms with Crippen LogP contribution in [-0.2, 0) is 9.53 Å². The maximum absolute atomic E-state index is 17.4. The fraction of sp³-hybridized carbons (Fsp3) is 0.600. The smallest absolute Gasteiger partial charge is 0.355 e. The summed E-state index contributed by atoms with van der Waals surface area (Å²) in [5.74, 6) is -3.64. The third-order valence-electron chi connectivity index (χ3n) is 9.14. The van der Waals surface area contributed by atoms with Gasteiger partial charge in [-0.2, -0.15) is 0 Å². The highest BCUT2D eigenvalue weighted by Crippen LogP contribution is 2.70. The number of rotatable bonds is 3. The van der Waals surface area contributed by atoms with Gasteiger partial charge in [-0.3, -0.25) is 9.78 Å². The molecule has 0 saturated heterocycles. The van der Waals surface area contributed by atoms with Crippen LogP contribution < -0.4 is 0 Å². The first-order chi connectivity index (χ1) is 16.3. The van der Waals surface area contributed by atoms with Gasteiger partial charge in [-0.25, -0.2) is 13.6 Å². The molecule has 2 N–H and O–H groups in total. The number of esters is 1. The van der Waals surface area contributed by atoms with Crippen molar-refractivity contribution in [1.29, 1.82) is 0 Å². The van der Waals surface area contributed by atoms with Crippen molar-refractivity contribution in [2.45, 2.75) is 58.0 Å². The Labute approximate surface area is 211 Å². The van der Waals surface area contributed by atoms with Crippen LogP contribution in [0.1, 0.15) is 49.7 Å². The molecule has 4 aliphatic carbocycles. The molecule has 9 atom stereocenters. The van der Waals surface area contributed by atoms with Gasteiger partial charge in [-0.15, -0.1) is 11.3 Å². The Morgan fingerprint density at radius 2 is 2.03 bits per heavy atom. The number of alkyl halides is 2. The number of halogens is 2. The fourth-order valence-electron chi connectivity index (χ4n) is 7.71. The minimum Gasteiger partial charge on any atom is -0.502 e. The lowest BCUT2D eigenvalue weighted by Crippen LogP contribution is -2.68. The average Bonchev–Trinajstić information content (AvgIpc) is 3.38. The first-order valence-corrected chi connectivity index (χ1v) is 13.0. The lowest BCUT2D eigenvalue weighted by molar-refractivity contribution is -0.199. The van der Waals surface area contributed by atoms with E-state index in [1.165, 1.54) is 24.7 Å². The van der Waals surface area contributed by atoms with E-state index in [-0.39, 0.29) is 40.2 Å². The minimum absolute atomic E-state index is 0.0258. The van der Waals surface area contributed by atoms with Crippen molar-refractivity contribution in [3.05, 3.63) is 40.1 Å². The van der Waals surface area contributed by atoms with Gasteiger partial charge in [0, 0.05) is 11.8 Å². The number of ketones is 1. The van der Waals surface area contributed by atoms with E-state index >= 15 is 8.78 Å². The van der Waals surface area contributed by atoms with Crippen molar-refractivity contribution in [2.24, 2.45) is 34.5 Å². The van der Waals surface area contributed by atoms with Crippen LogP contribution in [0.2, 0.25) is 0 Å². The molecular formula is C25H27F2NO5S2. The van der Waals surface area contributed by atoms with E-state index < -0.39 is 58.1 Å². The van der Waals surface area contributed by atoms with Gasteiger partial charge in [0.15, 0.2) is 16.5 Å². The maximum Gasteiger partial charge on any atom is 0.355 e. The topological polar surface area (TPSA) is 96.7 Å². The summed E-state index contributed by atoms with van der Waals surface area (Å²) in [7, 11) is 0. The second kappa shape index (κ2) is 7.98. The van der Waals surface area contributed by atoms with Crippen LogP contribution in [0.25, 0.3) is 0 Å². The molecule has 188 valence electrons. The zero-order valence-electron chi connectivity index (χ0n) is 19.5. The number of thiocarbonyl (C=S) groups is 1. The van der Waals surface area contributed by atoms with Gasteiger partial charge in [-0.05, 0) is 73.4 Å². The van der Waals surface area contributed by atoms with Crippen LogP contribution in [0.4, 0.5) is 8.78 Å². The molecule has 0 aliphatic heterocycles. The Kier molecular flexibility index (Phi) is 5.62. The molecule has 3 saturated carbocycles. The number of hydrogen-bond acceptors (Lipinski definition) is 7. The summed E-state index contributed by atoms with van der Waals surface area (Å²) in [5.41, 5.74) is -3.35. The van der Waals surface area contributed by atoms with Crippen LogP contribution in [-0.4, -0.2) is 49.9 Å². The summed E-state index contributed by atoms with van der Waals surface area (Å²) in [6, 6.07) is 0. The van der Waals surface area contributed by atoms with Gasteiger partial charge in [0.25, 0.3) is 0 Å². The molecule has 10 heteroatoms. The molecular weight excluding hydrogens is 496 g/mol. The zero-order valence-corrected chi connectivity index (χ0v) is 21.2. The Morgan fingerprint density at radius 1 is 1.31 bits per heavy atom. The normalized spacial score (nSPS) is 44.5. The van der Waals surface area contributed by atoms with Crippen LogP contribution in [0.15, 0.2) is 35.2 Å². The standard InChI is InChI=1S/C25H27F2NO5S2/c1-11-4-12-13-5-15(26)14-6-16(29)17(33-21(31)18-9-28-10-35-18)7-24(14,3)25(13,27)19(30)8-23(12,2)20(11)22(32)34/h6-7,9-13,15,19-20,30H,4-5,8H2,1-3H3,(H,32,34)/t11-,12+,13-,15+,19+,20+,23+,24+,25+/m1/s1. The molecule has 0 amide bonds. The SMILES string of the molecule is C[C@@H]1C[C@H]2[C@H]3C[C@H](F)C4=CC(=O)C(OC(=O)c5cncs5)=C[C@]4(C)[C@@]3(F)[C@@H](O)C[C@]2(C)[C@@H]1C(O)=S. The van der Waals surface area contributed by atoms with Gasteiger partial charge in [0.2, 0.25) is 5.78 Å². The number of hydrogen-bond donors (Lipinski definition) is 2. The predicted octanol–water partition coefficient (Wildman–Crippen LogP) is 4.69. The first-order valence-electron chi connectivity index (χ1n) is 11.7. The highest BCUT2D eigenvalue weighted by molar-refractivity contribution is 7.80. The summed E-state index contributed by atoms with van der Waals surface area (Å²) >= 11 is 6.15. The number of fused-ring (bicyclic) bond motifs is 5. The molecule has 0 bridgehead atoms. The summed E-state index contributed by atoms with van der Waals surface area (Å²) in [4.78, 5) is 29.2. The second-order valence-electron chi connectivity index (χ2n) is 10.9. The third-order valence-corrected chi connectivity index (χ3v) is 10.1. The predicted molar refractivity (Wildman–Crippen MR) is 128 cm³/mol. The Balaban J connectivity index is 1.58. The van der Waals surface area contributed by atoms with Gasteiger partial charge < -0.3 is 14.9 Å². The molecule has 3 fully saturated rings. The van der Waals surface area contributed by atoms with Crippen LogP contribution in [0, 0.1) is 34.5 Å². The molecule has 1 aromatic rings. The lowest BCUT2D eigenvalue weighted by atomic mass is 9.45. The van der Waals surface area contributed by atoms with Crippen molar-refractivity contribution >= 4 is 40.4 Å². The summed E-state index contributed by atoms with van der Waals surface area (Å²) < 4.78 is 38.4. The van der Waals surface area contributed by atoms with Crippen molar-refractivity contribution in [3.63, 3.8) is 0 Å². The number of carbonyl (C=O) groups excluding carboxylic acids is 2. The first kappa shape index (κ1) is 24.6. The van der Waals surface area contributed by atoms with Crippen LogP contribution in [0.3, 0.4) is 0 Å². The van der Waals surface area contributed by atoms with Crippen LogP contribution in [0.5, 0.6) is 0 Å². The molecule has 35 heavy (non-hydrogen) atoms. The number of ether oxygens (including phenoxy) is 1. The molecule has 0 radical (unpaired) electrons. The molecule has 0 unspecified atom stereocenters. The van der Waals surface area contributed by atoms with Crippen molar-refractivity contribution in [1.82, 2.24) is 4.98 Å². The number of aromatic nitrogens is 1. The number of aliphatic hydroxyl groups is 2. The lowest BCUT2D eigenvalue weighted by Gasteiger charge is -2.62. The van der Waals surface area contributed by atoms with Crippen molar-refractivity contribution < 1.29 is 33.3 Å². The molecule has 5 rings (SSSR count). The molecule has 4 aliphatic rings. The van der Waals surface area contributed by atoms with E-state index in [2.05, 4.69) is 4.98 Å². The largest absolute Gasteiger partial charge is 0.502 e. The quantitative estimate of drug-likeness (QED) is 0.438. The summed E-state index contributed by atoms with van der Waals surface area (Å²) in [6.07, 6.45) is 0.730. The molecule has 1 heterocycles. The number of carbonyl (C=O) groups is 2. The molecule has 6 nitrogen and oxygen atoms in total. The molecule has 0 spiro atoms. The molecule has 1 aromatic heterocycles. The Hall–Kier alpha value is -2.04. The third kappa shape index (κ3) is 3.25. The fourth-order valence-corrected chi connectivity index (χ4v) is 8.71. The van der Waals surface area contributed by atoms with Gasteiger partial charge in [-0.1, -0.05) is 13.8 Å². The monoisotopic (exact) mass is 523 g/mol. The van der Waals surface area contributed by atoms with E-state index in [1.54, 1.807) is 0 Å². The maximum atomic E-state index is 17.4. The van der Waals surface area contributed by atoms with E-state index in [0.717, 1.165) is 17.4 Å². The van der Waals surface area contributed by atoms with Crippen molar-refractivity contribution in [3.8, 4) is 0 Å². The summed E-state index contributed by atoms with van der Waals surface area (Å²) in [6.45, 7) is 5.28. The number of thiazole rings is 1. The van der Waals surface area contributed by atoms with Crippen LogP contribution >= 0.6 is 23.6 Å². The van der Waals surface area contributed by atoms with Gasteiger partial charge in [0.05, 0.1) is 23.2 Å². The van der Waals surface area contributed by atoms with Gasteiger partial charge in [0.1, 0.15) is 11.0 Å². The number of allylic oxidation sites excluding steroid dienone is 3. The van der Waals surface area contributed by atoms with E-state index in [0.29, 0.717) is 6.42 Å². The zero-order chi connectivity index (χ0) is 25.5. The van der Waals surface area contributed by atoms with Gasteiger partial charge >= 0.3 is 5.97 Å². The van der Waals surface area contributed by atoms with E-state index in [9.17, 15) is 19.8 Å². The van der Waals surface area contributed by atoms with E-state index in [1.807, 2.05) is 13.8 Å². The second-order valence-corrected chi connectivity index (χ2v) is 12.2. The average molecular weight is 524 g/mol.